The third-order valence-electron chi connectivity index (χ3n) is 5.56. The average molecular weight is 516 g/mol. The molecule has 0 aromatic heterocycles. The summed E-state index contributed by atoms with van der Waals surface area (Å²) >= 11 is 9.74. The highest BCUT2D eigenvalue weighted by molar-refractivity contribution is 9.10. The second-order valence-electron chi connectivity index (χ2n) is 7.51. The van der Waals surface area contributed by atoms with Crippen LogP contribution in [0.15, 0.2) is 59.1 Å². The Morgan fingerprint density at radius 3 is 2.84 bits per heavy atom. The number of urea groups is 1. The van der Waals surface area contributed by atoms with Crippen LogP contribution in [0, 0.1) is 5.82 Å². The lowest BCUT2D eigenvalue weighted by atomic mass is 9.96. The van der Waals surface area contributed by atoms with Crippen molar-refractivity contribution in [3.8, 4) is 0 Å². The van der Waals surface area contributed by atoms with E-state index >= 15 is 0 Å². The van der Waals surface area contributed by atoms with Gasteiger partial charge in [-0.15, -0.1) is 0 Å². The van der Waals surface area contributed by atoms with Crippen molar-refractivity contribution < 1.29 is 14.0 Å². The predicted molar refractivity (Wildman–Crippen MR) is 126 cm³/mol. The van der Waals surface area contributed by atoms with Crippen LogP contribution in [-0.4, -0.2) is 25.0 Å². The topological polar surface area (TPSA) is 73.5 Å². The zero-order valence-corrected chi connectivity index (χ0v) is 18.9. The summed E-state index contributed by atoms with van der Waals surface area (Å²) in [6, 6.07) is 13.9. The molecule has 32 heavy (non-hydrogen) atoms. The molecule has 3 aromatic rings. The van der Waals surface area contributed by atoms with Gasteiger partial charge in [0.1, 0.15) is 5.82 Å². The van der Waals surface area contributed by atoms with Gasteiger partial charge in [-0.3, -0.25) is 9.69 Å². The quantitative estimate of drug-likeness (QED) is 0.420. The maximum Gasteiger partial charge on any atom is 0.326 e. The Morgan fingerprint density at radius 1 is 1.19 bits per heavy atom. The van der Waals surface area contributed by atoms with Gasteiger partial charge < -0.3 is 16.0 Å². The zero-order valence-electron chi connectivity index (χ0n) is 16.6. The third kappa shape index (κ3) is 3.59. The Bertz CT molecular complexity index is 1270. The van der Waals surface area contributed by atoms with Crippen molar-refractivity contribution in [2.75, 3.05) is 28.6 Å². The first-order valence-corrected chi connectivity index (χ1v) is 11.1. The molecule has 0 fully saturated rings. The van der Waals surface area contributed by atoms with E-state index < -0.39 is 11.9 Å². The van der Waals surface area contributed by atoms with Gasteiger partial charge in [-0.2, -0.15) is 0 Å². The minimum atomic E-state index is -0.695. The first-order chi connectivity index (χ1) is 15.4. The second kappa shape index (κ2) is 8.11. The normalized spacial score (nSPS) is 16.7. The number of para-hydroxylation sites is 2. The predicted octanol–water partition coefficient (Wildman–Crippen LogP) is 5.54. The summed E-state index contributed by atoms with van der Waals surface area (Å²) in [6.45, 7) is 1.10. The van der Waals surface area contributed by atoms with Gasteiger partial charge in [-0.25, -0.2) is 9.18 Å². The number of amides is 3. The van der Waals surface area contributed by atoms with E-state index in [0.717, 1.165) is 11.4 Å². The number of nitrogens with zero attached hydrogens (tertiary/aromatic N) is 1. The van der Waals surface area contributed by atoms with E-state index in [2.05, 4.69) is 31.9 Å². The minimum absolute atomic E-state index is 0.320. The van der Waals surface area contributed by atoms with Crippen molar-refractivity contribution in [2.45, 2.75) is 6.04 Å². The third-order valence-corrected chi connectivity index (χ3v) is 6.36. The van der Waals surface area contributed by atoms with E-state index in [4.69, 9.17) is 11.6 Å². The Labute approximate surface area is 196 Å². The molecule has 3 aromatic carbocycles. The molecular formula is C23H17BrClFN4O2. The smallest absolute Gasteiger partial charge is 0.326 e. The van der Waals surface area contributed by atoms with Crippen LogP contribution in [0.3, 0.4) is 0 Å². The van der Waals surface area contributed by atoms with Gasteiger partial charge in [0.15, 0.2) is 0 Å². The highest BCUT2D eigenvalue weighted by atomic mass is 79.9. The summed E-state index contributed by atoms with van der Waals surface area (Å²) in [5.41, 5.74) is 3.43. The summed E-state index contributed by atoms with van der Waals surface area (Å²) in [5.74, 6) is -0.790. The number of carbonyl (C=O) groups excluding carboxylic acids is 2. The Kier molecular flexibility index (Phi) is 5.27. The maximum absolute atomic E-state index is 14.0. The standard InChI is InChI=1S/C23H17BrClFN4O2/c24-12-9-15-20(21(29-22(15)31)14-11-13(26)5-6-16(14)25)18(10-12)28-23(32)30-8-7-27-17-3-1-2-4-19(17)30/h1-6,9-11,21,27H,7-8H2,(H,28,32)(H,29,31). The van der Waals surface area contributed by atoms with Crippen molar-refractivity contribution in [2.24, 2.45) is 0 Å². The molecule has 2 aliphatic heterocycles. The van der Waals surface area contributed by atoms with Crippen molar-refractivity contribution in [3.05, 3.63) is 86.6 Å². The molecule has 162 valence electrons. The lowest BCUT2D eigenvalue weighted by molar-refractivity contribution is 0.0960. The van der Waals surface area contributed by atoms with Gasteiger partial charge in [0.2, 0.25) is 0 Å². The van der Waals surface area contributed by atoms with E-state index in [0.29, 0.717) is 45.0 Å². The number of halogens is 3. The van der Waals surface area contributed by atoms with Crippen molar-refractivity contribution in [1.29, 1.82) is 0 Å². The monoisotopic (exact) mass is 514 g/mol. The molecule has 1 unspecified atom stereocenters. The molecule has 0 radical (unpaired) electrons. The van der Waals surface area contributed by atoms with Crippen LogP contribution < -0.4 is 20.9 Å². The second-order valence-corrected chi connectivity index (χ2v) is 8.84. The molecule has 0 saturated heterocycles. The molecule has 0 aliphatic carbocycles. The summed E-state index contributed by atoms with van der Waals surface area (Å²) in [5, 5.41) is 9.40. The zero-order chi connectivity index (χ0) is 22.4. The molecule has 0 spiro atoms. The fourth-order valence-corrected chi connectivity index (χ4v) is 4.83. The van der Waals surface area contributed by atoms with Crippen LogP contribution in [0.4, 0.5) is 26.2 Å². The van der Waals surface area contributed by atoms with E-state index in [-0.39, 0.29) is 11.9 Å². The number of fused-ring (bicyclic) bond motifs is 2. The molecule has 0 bridgehead atoms. The Hall–Kier alpha value is -3.10. The van der Waals surface area contributed by atoms with E-state index in [1.807, 2.05) is 24.3 Å². The van der Waals surface area contributed by atoms with Crippen LogP contribution >= 0.6 is 27.5 Å². The molecule has 3 N–H and O–H groups in total. The molecule has 2 heterocycles. The molecule has 5 rings (SSSR count). The Balaban J connectivity index is 1.55. The summed E-state index contributed by atoms with van der Waals surface area (Å²) in [7, 11) is 0. The van der Waals surface area contributed by atoms with Crippen LogP contribution in [0.2, 0.25) is 5.02 Å². The minimum Gasteiger partial charge on any atom is -0.382 e. The molecule has 1 atom stereocenters. The largest absolute Gasteiger partial charge is 0.382 e. The summed E-state index contributed by atoms with van der Waals surface area (Å²) < 4.78 is 14.6. The van der Waals surface area contributed by atoms with E-state index in [1.165, 1.54) is 18.2 Å². The molecule has 0 saturated carbocycles. The number of hydrogen-bond acceptors (Lipinski definition) is 3. The number of carbonyl (C=O) groups is 2. The van der Waals surface area contributed by atoms with Crippen LogP contribution in [0.1, 0.15) is 27.5 Å². The maximum atomic E-state index is 14.0. The van der Waals surface area contributed by atoms with Gasteiger partial charge in [-0.1, -0.05) is 39.7 Å². The molecule has 2 aliphatic rings. The molecule has 9 heteroatoms. The van der Waals surface area contributed by atoms with Crippen LogP contribution in [0.5, 0.6) is 0 Å². The molecule has 6 nitrogen and oxygen atoms in total. The first-order valence-electron chi connectivity index (χ1n) is 9.93. The molecular weight excluding hydrogens is 499 g/mol. The average Bonchev–Trinajstić information content (AvgIpc) is 3.11. The number of hydrogen-bond donors (Lipinski definition) is 3. The number of nitrogens with one attached hydrogen (secondary N) is 3. The number of benzene rings is 3. The van der Waals surface area contributed by atoms with Gasteiger partial charge in [0.05, 0.1) is 17.4 Å². The lowest BCUT2D eigenvalue weighted by Gasteiger charge is -2.30. The fourth-order valence-electron chi connectivity index (χ4n) is 4.15. The number of rotatable bonds is 2. The van der Waals surface area contributed by atoms with Gasteiger partial charge >= 0.3 is 6.03 Å². The summed E-state index contributed by atoms with van der Waals surface area (Å²) in [6.07, 6.45) is 0. The van der Waals surface area contributed by atoms with E-state index in [9.17, 15) is 14.0 Å². The summed E-state index contributed by atoms with van der Waals surface area (Å²) in [4.78, 5) is 27.6. The van der Waals surface area contributed by atoms with Crippen LogP contribution in [-0.2, 0) is 0 Å². The first kappa shape index (κ1) is 20.8. The highest BCUT2D eigenvalue weighted by Crippen LogP contribution is 2.41. The lowest BCUT2D eigenvalue weighted by Crippen LogP contribution is -2.41. The van der Waals surface area contributed by atoms with Crippen molar-refractivity contribution >= 4 is 56.5 Å². The SMILES string of the molecule is O=C1NC(c2cc(F)ccc2Cl)c2c(NC(=O)N3CCNc4ccccc43)cc(Br)cc21. The van der Waals surface area contributed by atoms with Gasteiger partial charge in [0.25, 0.3) is 5.91 Å². The highest BCUT2D eigenvalue weighted by Gasteiger charge is 2.35. The van der Waals surface area contributed by atoms with E-state index in [1.54, 1.807) is 17.0 Å². The van der Waals surface area contributed by atoms with Crippen molar-refractivity contribution in [1.82, 2.24) is 5.32 Å². The fraction of sp³-hybridized carbons (Fsp3) is 0.130. The van der Waals surface area contributed by atoms with Crippen molar-refractivity contribution in [3.63, 3.8) is 0 Å². The Morgan fingerprint density at radius 2 is 2.00 bits per heavy atom. The van der Waals surface area contributed by atoms with Gasteiger partial charge in [0, 0.05) is 45.0 Å². The van der Waals surface area contributed by atoms with Gasteiger partial charge in [-0.05, 0) is 42.5 Å². The molecule has 3 amide bonds. The number of anilines is 3. The van der Waals surface area contributed by atoms with Crippen LogP contribution in [0.25, 0.3) is 0 Å².